The lowest BCUT2D eigenvalue weighted by atomic mass is 9.73. The van der Waals surface area contributed by atoms with Gasteiger partial charge in [0, 0.05) is 31.8 Å². The van der Waals surface area contributed by atoms with E-state index in [1.54, 1.807) is 6.92 Å². The van der Waals surface area contributed by atoms with E-state index >= 15 is 0 Å². The zero-order chi connectivity index (χ0) is 21.6. The minimum atomic E-state index is -0.595. The van der Waals surface area contributed by atoms with Gasteiger partial charge in [-0.25, -0.2) is 0 Å². The molecule has 2 N–H and O–H groups in total. The Hall–Kier alpha value is -2.41. The number of benzene rings is 1. The molecule has 2 aliphatic heterocycles. The first-order valence-corrected chi connectivity index (χ1v) is 10.9. The largest absolute Gasteiger partial charge is 0.380 e. The third-order valence-corrected chi connectivity index (χ3v) is 6.27. The Bertz CT molecular complexity index is 754. The molecule has 0 saturated carbocycles. The molecule has 3 amide bonds. The van der Waals surface area contributed by atoms with Gasteiger partial charge in [-0.15, -0.1) is 0 Å². The second-order valence-corrected chi connectivity index (χ2v) is 8.49. The number of amides is 3. The topological polar surface area (TPSA) is 87.7 Å². The monoisotopic (exact) mass is 415 g/mol. The number of piperidine rings is 1. The van der Waals surface area contributed by atoms with E-state index < -0.39 is 11.5 Å². The molecule has 1 aromatic carbocycles. The number of carbonyl (C=O) groups excluding carboxylic acids is 3. The lowest BCUT2D eigenvalue weighted by molar-refractivity contribution is -0.137. The Morgan fingerprint density at radius 2 is 1.77 bits per heavy atom. The van der Waals surface area contributed by atoms with Crippen LogP contribution >= 0.6 is 0 Å². The van der Waals surface area contributed by atoms with Crippen molar-refractivity contribution in [3.63, 3.8) is 0 Å². The number of rotatable bonds is 1. The second-order valence-electron chi connectivity index (χ2n) is 8.49. The summed E-state index contributed by atoms with van der Waals surface area (Å²) in [6.07, 6.45) is 3.71. The Morgan fingerprint density at radius 1 is 1.07 bits per heavy atom. The fourth-order valence-corrected chi connectivity index (χ4v) is 4.19. The fourth-order valence-electron chi connectivity index (χ4n) is 4.19. The summed E-state index contributed by atoms with van der Waals surface area (Å²) in [5.74, 6) is -0.267. The quantitative estimate of drug-likeness (QED) is 0.735. The van der Waals surface area contributed by atoms with Gasteiger partial charge in [0.15, 0.2) is 0 Å². The fraction of sp³-hybridized carbons (Fsp3) is 0.609. The Balaban J connectivity index is 1.68. The van der Waals surface area contributed by atoms with Crippen molar-refractivity contribution in [1.29, 1.82) is 0 Å². The van der Waals surface area contributed by atoms with Crippen molar-refractivity contribution < 1.29 is 19.1 Å². The Labute approximate surface area is 178 Å². The van der Waals surface area contributed by atoms with E-state index in [0.29, 0.717) is 51.3 Å². The summed E-state index contributed by atoms with van der Waals surface area (Å²) >= 11 is 0. The number of nitrogens with zero attached hydrogens (tertiary/aromatic N) is 1. The Morgan fingerprint density at radius 3 is 2.47 bits per heavy atom. The molecule has 0 unspecified atom stereocenters. The van der Waals surface area contributed by atoms with Gasteiger partial charge in [-0.2, -0.15) is 0 Å². The van der Waals surface area contributed by atoms with Crippen LogP contribution in [0.2, 0.25) is 0 Å². The molecule has 7 nitrogen and oxygen atoms in total. The molecular weight excluding hydrogens is 382 g/mol. The summed E-state index contributed by atoms with van der Waals surface area (Å²) in [5, 5.41) is 5.71. The molecule has 164 valence electrons. The molecule has 0 bridgehead atoms. The normalized spacial score (nSPS) is 23.5. The number of likely N-dealkylation sites (tertiary alicyclic amines) is 1. The average Bonchev–Trinajstić information content (AvgIpc) is 2.76. The third-order valence-electron chi connectivity index (χ3n) is 6.27. The molecule has 2 heterocycles. The van der Waals surface area contributed by atoms with Gasteiger partial charge in [-0.3, -0.25) is 14.4 Å². The SMILES string of the molecule is Cc1ccc(C(=O)N2CCC3(CCCCOCCNC(=O)[C@H](C)NC3=O)CC2)cc1. The van der Waals surface area contributed by atoms with Crippen LogP contribution in [-0.4, -0.2) is 61.5 Å². The number of hydrogen-bond acceptors (Lipinski definition) is 4. The summed E-state index contributed by atoms with van der Waals surface area (Å²) in [6, 6.07) is 7.00. The number of carbonyl (C=O) groups is 3. The van der Waals surface area contributed by atoms with Crippen LogP contribution in [0.5, 0.6) is 0 Å². The van der Waals surface area contributed by atoms with E-state index in [9.17, 15) is 14.4 Å². The standard InChI is InChI=1S/C23H33N3O4/c1-17-5-7-19(8-6-17)21(28)26-13-10-23(11-14-26)9-3-4-15-30-16-12-24-20(27)18(2)25-22(23)29/h5-8,18H,3-4,9-16H2,1-2H3,(H,24,27)(H,25,29)/t18-/m0/s1. The second kappa shape index (κ2) is 10.1. The van der Waals surface area contributed by atoms with Crippen molar-refractivity contribution in [3.05, 3.63) is 35.4 Å². The van der Waals surface area contributed by atoms with Gasteiger partial charge in [-0.05, 0) is 51.7 Å². The van der Waals surface area contributed by atoms with Crippen LogP contribution in [0, 0.1) is 12.3 Å². The van der Waals surface area contributed by atoms with E-state index in [1.165, 1.54) is 0 Å². The van der Waals surface area contributed by atoms with Crippen LogP contribution in [-0.2, 0) is 14.3 Å². The van der Waals surface area contributed by atoms with Gasteiger partial charge in [0.25, 0.3) is 5.91 Å². The smallest absolute Gasteiger partial charge is 0.253 e. The van der Waals surface area contributed by atoms with Crippen molar-refractivity contribution in [2.45, 2.75) is 52.0 Å². The molecule has 1 atom stereocenters. The highest BCUT2D eigenvalue weighted by Gasteiger charge is 2.42. The van der Waals surface area contributed by atoms with Crippen LogP contribution in [0.3, 0.4) is 0 Å². The van der Waals surface area contributed by atoms with Crippen molar-refractivity contribution in [1.82, 2.24) is 15.5 Å². The van der Waals surface area contributed by atoms with E-state index in [4.69, 9.17) is 4.74 Å². The van der Waals surface area contributed by atoms with Crippen molar-refractivity contribution in [2.24, 2.45) is 5.41 Å². The first-order chi connectivity index (χ1) is 14.4. The Kier molecular flexibility index (Phi) is 7.48. The lowest BCUT2D eigenvalue weighted by Gasteiger charge is -2.41. The lowest BCUT2D eigenvalue weighted by Crippen LogP contribution is -2.54. The minimum Gasteiger partial charge on any atom is -0.380 e. The van der Waals surface area contributed by atoms with Gasteiger partial charge >= 0.3 is 0 Å². The van der Waals surface area contributed by atoms with E-state index in [-0.39, 0.29) is 17.7 Å². The van der Waals surface area contributed by atoms with Crippen LogP contribution in [0.25, 0.3) is 0 Å². The van der Waals surface area contributed by atoms with Crippen LogP contribution in [0.4, 0.5) is 0 Å². The van der Waals surface area contributed by atoms with Gasteiger partial charge in [0.2, 0.25) is 11.8 Å². The molecule has 7 heteroatoms. The molecule has 0 aliphatic carbocycles. The molecule has 0 radical (unpaired) electrons. The zero-order valence-electron chi connectivity index (χ0n) is 18.0. The summed E-state index contributed by atoms with van der Waals surface area (Å²) < 4.78 is 5.57. The summed E-state index contributed by atoms with van der Waals surface area (Å²) in [5.41, 5.74) is 1.25. The highest BCUT2D eigenvalue weighted by atomic mass is 16.5. The minimum absolute atomic E-state index is 0.0102. The van der Waals surface area contributed by atoms with Crippen LogP contribution in [0.15, 0.2) is 24.3 Å². The molecule has 3 rings (SSSR count). The van der Waals surface area contributed by atoms with Crippen LogP contribution < -0.4 is 10.6 Å². The molecular formula is C23H33N3O4. The predicted molar refractivity (Wildman–Crippen MR) is 114 cm³/mol. The molecule has 1 spiro atoms. The predicted octanol–water partition coefficient (Wildman–Crippen LogP) is 2.04. The molecule has 2 saturated heterocycles. The number of aryl methyl sites for hydroxylation is 1. The molecule has 0 aromatic heterocycles. The van der Waals surface area contributed by atoms with Gasteiger partial charge in [0.1, 0.15) is 6.04 Å². The molecule has 2 aliphatic rings. The number of nitrogens with one attached hydrogen (secondary N) is 2. The average molecular weight is 416 g/mol. The van der Waals surface area contributed by atoms with Crippen LogP contribution in [0.1, 0.15) is 54.9 Å². The highest BCUT2D eigenvalue weighted by molar-refractivity contribution is 5.95. The maximum Gasteiger partial charge on any atom is 0.253 e. The van der Waals surface area contributed by atoms with Crippen molar-refractivity contribution >= 4 is 17.7 Å². The zero-order valence-corrected chi connectivity index (χ0v) is 18.0. The van der Waals surface area contributed by atoms with Crippen molar-refractivity contribution in [3.8, 4) is 0 Å². The molecule has 30 heavy (non-hydrogen) atoms. The third kappa shape index (κ3) is 5.39. The summed E-state index contributed by atoms with van der Waals surface area (Å²) in [7, 11) is 0. The molecule has 1 aromatic rings. The molecule has 2 fully saturated rings. The van der Waals surface area contributed by atoms with Gasteiger partial charge in [0.05, 0.1) is 12.0 Å². The highest BCUT2D eigenvalue weighted by Crippen LogP contribution is 2.37. The number of ether oxygens (including phenoxy) is 1. The first-order valence-electron chi connectivity index (χ1n) is 10.9. The van der Waals surface area contributed by atoms with Gasteiger partial charge in [-0.1, -0.05) is 24.1 Å². The maximum atomic E-state index is 13.2. The van der Waals surface area contributed by atoms with E-state index in [0.717, 1.165) is 24.8 Å². The number of hydrogen-bond donors (Lipinski definition) is 2. The van der Waals surface area contributed by atoms with Crippen molar-refractivity contribution in [2.75, 3.05) is 32.8 Å². The van der Waals surface area contributed by atoms with E-state index in [2.05, 4.69) is 10.6 Å². The first kappa shape index (κ1) is 22.3. The van der Waals surface area contributed by atoms with E-state index in [1.807, 2.05) is 36.1 Å². The summed E-state index contributed by atoms with van der Waals surface area (Å²) in [4.78, 5) is 40.1. The maximum absolute atomic E-state index is 13.2. The van der Waals surface area contributed by atoms with Gasteiger partial charge < -0.3 is 20.3 Å². The summed E-state index contributed by atoms with van der Waals surface area (Å²) in [6.45, 7) is 6.33.